The van der Waals surface area contributed by atoms with E-state index in [1.807, 2.05) is 4.90 Å². The molecule has 1 saturated heterocycles. The molecule has 0 atom stereocenters. The molecule has 1 aromatic carbocycles. The number of rotatable bonds is 4. The van der Waals surface area contributed by atoms with Gasteiger partial charge in [-0.1, -0.05) is 0 Å². The SMILES string of the molecule is COC(=O)c1cc(N)ccc1N(C)CC(=O)N1CCCC1. The maximum Gasteiger partial charge on any atom is 0.340 e. The number of nitrogens with two attached hydrogens (primary N) is 1. The Kier molecular flexibility index (Phi) is 4.67. The third-order valence-electron chi connectivity index (χ3n) is 3.67. The molecule has 0 spiro atoms. The Labute approximate surface area is 124 Å². The molecule has 0 aliphatic carbocycles. The molecular formula is C15H21N3O3. The second-order valence-corrected chi connectivity index (χ2v) is 5.21. The van der Waals surface area contributed by atoms with E-state index >= 15 is 0 Å². The van der Waals surface area contributed by atoms with Crippen molar-refractivity contribution < 1.29 is 14.3 Å². The normalized spacial score (nSPS) is 14.1. The Morgan fingerprint density at radius 1 is 1.33 bits per heavy atom. The van der Waals surface area contributed by atoms with Gasteiger partial charge in [0.25, 0.3) is 0 Å². The van der Waals surface area contributed by atoms with Gasteiger partial charge in [0.1, 0.15) is 0 Å². The number of anilines is 2. The fraction of sp³-hybridized carbons (Fsp3) is 0.467. The lowest BCUT2D eigenvalue weighted by Gasteiger charge is -2.24. The maximum absolute atomic E-state index is 12.2. The van der Waals surface area contributed by atoms with E-state index < -0.39 is 5.97 Å². The number of likely N-dealkylation sites (N-methyl/N-ethyl adjacent to an activating group) is 1. The van der Waals surface area contributed by atoms with Crippen LogP contribution in [-0.4, -0.2) is 50.6 Å². The molecule has 0 aromatic heterocycles. The van der Waals surface area contributed by atoms with Crippen molar-refractivity contribution in [1.82, 2.24) is 4.90 Å². The van der Waals surface area contributed by atoms with Crippen molar-refractivity contribution in [2.24, 2.45) is 0 Å². The van der Waals surface area contributed by atoms with Crippen molar-refractivity contribution >= 4 is 23.3 Å². The molecule has 1 heterocycles. The third-order valence-corrected chi connectivity index (χ3v) is 3.67. The summed E-state index contributed by atoms with van der Waals surface area (Å²) < 4.78 is 4.77. The second-order valence-electron chi connectivity index (χ2n) is 5.21. The van der Waals surface area contributed by atoms with E-state index in [1.54, 1.807) is 30.1 Å². The summed E-state index contributed by atoms with van der Waals surface area (Å²) in [4.78, 5) is 27.6. The van der Waals surface area contributed by atoms with Gasteiger partial charge in [0.2, 0.25) is 5.91 Å². The number of hydrogen-bond donors (Lipinski definition) is 1. The summed E-state index contributed by atoms with van der Waals surface area (Å²) in [6.45, 7) is 1.87. The minimum atomic E-state index is -0.460. The van der Waals surface area contributed by atoms with Gasteiger partial charge in [0.15, 0.2) is 0 Å². The summed E-state index contributed by atoms with van der Waals surface area (Å²) in [5, 5.41) is 0. The lowest BCUT2D eigenvalue weighted by Crippen LogP contribution is -2.37. The average Bonchev–Trinajstić information content (AvgIpc) is 3.00. The fourth-order valence-corrected chi connectivity index (χ4v) is 2.51. The summed E-state index contributed by atoms with van der Waals surface area (Å²) in [5.74, 6) is -0.389. The van der Waals surface area contributed by atoms with Crippen LogP contribution in [0.15, 0.2) is 18.2 Å². The van der Waals surface area contributed by atoms with Gasteiger partial charge in [-0.2, -0.15) is 0 Å². The summed E-state index contributed by atoms with van der Waals surface area (Å²) in [6.07, 6.45) is 2.12. The largest absolute Gasteiger partial charge is 0.465 e. The molecular weight excluding hydrogens is 270 g/mol. The Bertz CT molecular complexity index is 539. The number of likely N-dealkylation sites (tertiary alicyclic amines) is 1. The van der Waals surface area contributed by atoms with Crippen LogP contribution in [0, 0.1) is 0 Å². The molecule has 0 radical (unpaired) electrons. The Morgan fingerprint density at radius 3 is 2.62 bits per heavy atom. The number of carbonyl (C=O) groups excluding carboxylic acids is 2. The Balaban J connectivity index is 2.16. The van der Waals surface area contributed by atoms with E-state index in [9.17, 15) is 9.59 Å². The van der Waals surface area contributed by atoms with Crippen molar-refractivity contribution in [3.8, 4) is 0 Å². The highest BCUT2D eigenvalue weighted by Crippen LogP contribution is 2.23. The van der Waals surface area contributed by atoms with Crippen molar-refractivity contribution in [2.75, 3.05) is 44.4 Å². The third kappa shape index (κ3) is 3.45. The molecule has 2 rings (SSSR count). The highest BCUT2D eigenvalue weighted by atomic mass is 16.5. The number of nitrogens with zero attached hydrogens (tertiary/aromatic N) is 2. The minimum absolute atomic E-state index is 0.0719. The van der Waals surface area contributed by atoms with Crippen molar-refractivity contribution in [1.29, 1.82) is 0 Å². The summed E-state index contributed by atoms with van der Waals surface area (Å²) >= 11 is 0. The van der Waals surface area contributed by atoms with Gasteiger partial charge >= 0.3 is 5.97 Å². The minimum Gasteiger partial charge on any atom is -0.465 e. The monoisotopic (exact) mass is 291 g/mol. The number of hydrogen-bond acceptors (Lipinski definition) is 5. The first-order valence-electron chi connectivity index (χ1n) is 6.99. The van der Waals surface area contributed by atoms with E-state index in [1.165, 1.54) is 7.11 Å². The van der Waals surface area contributed by atoms with E-state index in [2.05, 4.69) is 0 Å². The van der Waals surface area contributed by atoms with Crippen LogP contribution in [-0.2, 0) is 9.53 Å². The molecule has 2 N–H and O–H groups in total. The standard InChI is InChI=1S/C15H21N3O3/c1-17(10-14(19)18-7-3-4-8-18)13-6-5-11(16)9-12(13)15(20)21-2/h5-6,9H,3-4,7-8,10,16H2,1-2H3. The van der Waals surface area contributed by atoms with Crippen molar-refractivity contribution in [3.05, 3.63) is 23.8 Å². The van der Waals surface area contributed by atoms with Crippen LogP contribution in [0.3, 0.4) is 0 Å². The van der Waals surface area contributed by atoms with Gasteiger partial charge in [-0.25, -0.2) is 4.79 Å². The summed E-state index contributed by atoms with van der Waals surface area (Å²) in [6, 6.07) is 5.01. The summed E-state index contributed by atoms with van der Waals surface area (Å²) in [7, 11) is 3.11. The molecule has 114 valence electrons. The first-order chi connectivity index (χ1) is 10.0. The lowest BCUT2D eigenvalue weighted by molar-refractivity contribution is -0.128. The Hall–Kier alpha value is -2.24. The smallest absolute Gasteiger partial charge is 0.340 e. The maximum atomic E-state index is 12.2. The van der Waals surface area contributed by atoms with Gasteiger partial charge in [-0.3, -0.25) is 4.79 Å². The number of ether oxygens (including phenoxy) is 1. The molecule has 0 saturated carbocycles. The van der Waals surface area contributed by atoms with Gasteiger partial charge in [0, 0.05) is 25.8 Å². The Morgan fingerprint density at radius 2 is 2.00 bits per heavy atom. The molecule has 0 bridgehead atoms. The van der Waals surface area contributed by atoms with Crippen LogP contribution >= 0.6 is 0 Å². The highest BCUT2D eigenvalue weighted by molar-refractivity contribution is 5.97. The van der Waals surface area contributed by atoms with Crippen LogP contribution < -0.4 is 10.6 Å². The van der Waals surface area contributed by atoms with Crippen LogP contribution in [0.1, 0.15) is 23.2 Å². The van der Waals surface area contributed by atoms with Crippen LogP contribution in [0.25, 0.3) is 0 Å². The van der Waals surface area contributed by atoms with E-state index in [0.717, 1.165) is 25.9 Å². The molecule has 6 nitrogen and oxygen atoms in total. The number of esters is 1. The van der Waals surface area contributed by atoms with Gasteiger partial charge in [0.05, 0.1) is 24.9 Å². The zero-order valence-electron chi connectivity index (χ0n) is 12.5. The first-order valence-corrected chi connectivity index (χ1v) is 6.99. The summed E-state index contributed by atoms with van der Waals surface area (Å²) in [5.41, 5.74) is 7.22. The van der Waals surface area contributed by atoms with Crippen molar-refractivity contribution in [3.63, 3.8) is 0 Å². The molecule has 1 aliphatic rings. The molecule has 1 amide bonds. The zero-order chi connectivity index (χ0) is 15.4. The van der Waals surface area contributed by atoms with Crippen LogP contribution in [0.5, 0.6) is 0 Å². The predicted molar refractivity (Wildman–Crippen MR) is 81.3 cm³/mol. The quantitative estimate of drug-likeness (QED) is 0.664. The topological polar surface area (TPSA) is 75.9 Å². The van der Waals surface area contributed by atoms with Gasteiger partial charge < -0.3 is 20.3 Å². The second kappa shape index (κ2) is 6.47. The van der Waals surface area contributed by atoms with E-state index in [-0.39, 0.29) is 12.5 Å². The van der Waals surface area contributed by atoms with Gasteiger partial charge in [-0.15, -0.1) is 0 Å². The van der Waals surface area contributed by atoms with Crippen LogP contribution in [0.2, 0.25) is 0 Å². The molecule has 6 heteroatoms. The molecule has 1 fully saturated rings. The highest BCUT2D eigenvalue weighted by Gasteiger charge is 2.21. The number of amides is 1. The van der Waals surface area contributed by atoms with Crippen molar-refractivity contribution in [2.45, 2.75) is 12.8 Å². The molecule has 1 aliphatic heterocycles. The van der Waals surface area contributed by atoms with Gasteiger partial charge in [-0.05, 0) is 31.0 Å². The number of nitrogen functional groups attached to an aromatic ring is 1. The lowest BCUT2D eigenvalue weighted by atomic mass is 10.1. The zero-order valence-corrected chi connectivity index (χ0v) is 12.5. The molecule has 1 aromatic rings. The average molecular weight is 291 g/mol. The first kappa shape index (κ1) is 15.2. The fourth-order valence-electron chi connectivity index (χ4n) is 2.51. The number of methoxy groups -OCH3 is 1. The molecule has 21 heavy (non-hydrogen) atoms. The number of carbonyl (C=O) groups is 2. The van der Waals surface area contributed by atoms with E-state index in [0.29, 0.717) is 16.9 Å². The van der Waals surface area contributed by atoms with Crippen LogP contribution in [0.4, 0.5) is 11.4 Å². The molecule has 0 unspecified atom stereocenters. The van der Waals surface area contributed by atoms with E-state index in [4.69, 9.17) is 10.5 Å². The predicted octanol–water partition coefficient (Wildman–Crippen LogP) is 1.11. The number of benzene rings is 1.